The first-order chi connectivity index (χ1) is 8.60. The molecule has 1 atom stereocenters. The number of rotatable bonds is 7. The molecular weight excluding hydrogens is 228 g/mol. The lowest BCUT2D eigenvalue weighted by Gasteiger charge is -2.30. The fraction of sp³-hybridized carbons (Fsp3) is 0.500. The molecule has 0 heterocycles. The van der Waals surface area contributed by atoms with Gasteiger partial charge in [-0.25, -0.2) is 4.79 Å². The Balaban J connectivity index is 3.02. The number of hydrogen-bond donors (Lipinski definition) is 2. The number of nitrogen functional groups attached to an aromatic ring is 1. The maximum Gasteiger partial charge on any atom is 0.326 e. The van der Waals surface area contributed by atoms with Gasteiger partial charge in [-0.2, -0.15) is 0 Å². The van der Waals surface area contributed by atoms with Crippen LogP contribution >= 0.6 is 0 Å². The van der Waals surface area contributed by atoms with Gasteiger partial charge in [-0.3, -0.25) is 0 Å². The van der Waals surface area contributed by atoms with E-state index in [2.05, 4.69) is 0 Å². The molecule has 1 rings (SSSR count). The zero-order chi connectivity index (χ0) is 13.5. The van der Waals surface area contributed by atoms with Gasteiger partial charge in [0, 0.05) is 17.9 Å². The first-order valence-corrected chi connectivity index (χ1v) is 6.45. The van der Waals surface area contributed by atoms with E-state index in [9.17, 15) is 9.90 Å². The molecular formula is C14H22N2O2. The predicted octanol–water partition coefficient (Wildman–Crippen LogP) is 2.74. The van der Waals surface area contributed by atoms with Crippen molar-refractivity contribution in [3.05, 3.63) is 24.3 Å². The zero-order valence-corrected chi connectivity index (χ0v) is 11.1. The van der Waals surface area contributed by atoms with Gasteiger partial charge >= 0.3 is 5.97 Å². The molecule has 1 aromatic rings. The number of hydrogen-bond acceptors (Lipinski definition) is 3. The number of carbonyl (C=O) groups is 1. The van der Waals surface area contributed by atoms with Crippen molar-refractivity contribution in [3.8, 4) is 0 Å². The van der Waals surface area contributed by atoms with Crippen LogP contribution in [0.15, 0.2) is 24.3 Å². The number of carboxylic acids is 1. The van der Waals surface area contributed by atoms with Crippen LogP contribution in [0, 0.1) is 0 Å². The Morgan fingerprint density at radius 2 is 2.11 bits per heavy atom. The Kier molecular flexibility index (Phi) is 5.49. The van der Waals surface area contributed by atoms with Crippen LogP contribution in [-0.4, -0.2) is 23.7 Å². The van der Waals surface area contributed by atoms with Crippen molar-refractivity contribution < 1.29 is 9.90 Å². The van der Waals surface area contributed by atoms with Crippen molar-refractivity contribution in [2.75, 3.05) is 17.2 Å². The highest BCUT2D eigenvalue weighted by Gasteiger charge is 2.24. The highest BCUT2D eigenvalue weighted by molar-refractivity contribution is 5.78. The molecule has 18 heavy (non-hydrogen) atoms. The van der Waals surface area contributed by atoms with E-state index in [-0.39, 0.29) is 0 Å². The summed E-state index contributed by atoms with van der Waals surface area (Å²) in [5.74, 6) is -0.771. The van der Waals surface area contributed by atoms with Crippen LogP contribution in [0.2, 0.25) is 0 Å². The molecule has 0 spiro atoms. The summed E-state index contributed by atoms with van der Waals surface area (Å²) in [4.78, 5) is 13.3. The third kappa shape index (κ3) is 3.65. The van der Waals surface area contributed by atoms with Gasteiger partial charge in [0.1, 0.15) is 6.04 Å². The van der Waals surface area contributed by atoms with E-state index in [0.717, 1.165) is 25.1 Å². The monoisotopic (exact) mass is 250 g/mol. The minimum Gasteiger partial charge on any atom is -0.480 e. The number of aliphatic carboxylic acids is 1. The van der Waals surface area contributed by atoms with Crippen molar-refractivity contribution in [1.82, 2.24) is 0 Å². The molecule has 1 unspecified atom stereocenters. The molecule has 0 aliphatic carbocycles. The molecule has 100 valence electrons. The topological polar surface area (TPSA) is 66.6 Å². The van der Waals surface area contributed by atoms with Crippen molar-refractivity contribution in [2.24, 2.45) is 0 Å². The lowest BCUT2D eigenvalue weighted by atomic mass is 10.1. The van der Waals surface area contributed by atoms with Gasteiger partial charge in [-0.1, -0.05) is 26.3 Å². The number of anilines is 2. The molecule has 0 aromatic heterocycles. The van der Waals surface area contributed by atoms with Gasteiger partial charge in [0.25, 0.3) is 0 Å². The third-order valence-corrected chi connectivity index (χ3v) is 2.89. The summed E-state index contributed by atoms with van der Waals surface area (Å²) in [5, 5.41) is 9.36. The standard InChI is InChI=1S/C14H22N2O2/c1-3-6-13(14(17)18)16(9-4-2)12-8-5-7-11(15)10-12/h5,7-8,10,13H,3-4,6,9,15H2,1-2H3,(H,17,18). The Morgan fingerprint density at radius 3 is 2.61 bits per heavy atom. The van der Waals surface area contributed by atoms with Gasteiger partial charge in [-0.15, -0.1) is 0 Å². The van der Waals surface area contributed by atoms with E-state index in [1.54, 1.807) is 0 Å². The maximum atomic E-state index is 11.4. The fourth-order valence-corrected chi connectivity index (χ4v) is 2.10. The van der Waals surface area contributed by atoms with Crippen LogP contribution in [0.1, 0.15) is 33.1 Å². The van der Waals surface area contributed by atoms with Crippen molar-refractivity contribution in [2.45, 2.75) is 39.2 Å². The van der Waals surface area contributed by atoms with Gasteiger partial charge in [0.2, 0.25) is 0 Å². The molecule has 4 nitrogen and oxygen atoms in total. The Bertz CT molecular complexity index is 393. The molecule has 0 radical (unpaired) electrons. The SMILES string of the molecule is CCCC(C(=O)O)N(CCC)c1cccc(N)c1. The number of carboxylic acid groups (broad SMARTS) is 1. The lowest BCUT2D eigenvalue weighted by Crippen LogP contribution is -2.41. The van der Waals surface area contributed by atoms with Crippen molar-refractivity contribution >= 4 is 17.3 Å². The van der Waals surface area contributed by atoms with Crippen LogP contribution in [0.4, 0.5) is 11.4 Å². The van der Waals surface area contributed by atoms with Crippen LogP contribution in [0.5, 0.6) is 0 Å². The molecule has 0 aliphatic heterocycles. The normalized spacial score (nSPS) is 12.1. The molecule has 0 aliphatic rings. The highest BCUT2D eigenvalue weighted by Crippen LogP contribution is 2.22. The van der Waals surface area contributed by atoms with Crippen LogP contribution in [-0.2, 0) is 4.79 Å². The summed E-state index contributed by atoms with van der Waals surface area (Å²) in [7, 11) is 0. The zero-order valence-electron chi connectivity index (χ0n) is 11.1. The minimum absolute atomic E-state index is 0.475. The number of nitrogens with zero attached hydrogens (tertiary/aromatic N) is 1. The summed E-state index contributed by atoms with van der Waals surface area (Å²) in [6.45, 7) is 4.77. The molecule has 0 bridgehead atoms. The van der Waals surface area contributed by atoms with E-state index >= 15 is 0 Å². The Morgan fingerprint density at radius 1 is 1.39 bits per heavy atom. The maximum absolute atomic E-state index is 11.4. The molecule has 0 saturated carbocycles. The molecule has 0 amide bonds. The van der Waals surface area contributed by atoms with Crippen LogP contribution < -0.4 is 10.6 Å². The van der Waals surface area contributed by atoms with E-state index in [1.165, 1.54) is 0 Å². The van der Waals surface area contributed by atoms with E-state index < -0.39 is 12.0 Å². The summed E-state index contributed by atoms with van der Waals surface area (Å²) in [5.41, 5.74) is 7.32. The van der Waals surface area contributed by atoms with Gasteiger partial charge in [0.15, 0.2) is 0 Å². The quantitative estimate of drug-likeness (QED) is 0.730. The average molecular weight is 250 g/mol. The highest BCUT2D eigenvalue weighted by atomic mass is 16.4. The van der Waals surface area contributed by atoms with Crippen molar-refractivity contribution in [3.63, 3.8) is 0 Å². The van der Waals surface area contributed by atoms with E-state index in [4.69, 9.17) is 5.73 Å². The molecule has 0 saturated heterocycles. The second-order valence-electron chi connectivity index (χ2n) is 4.43. The average Bonchev–Trinajstić information content (AvgIpc) is 2.33. The predicted molar refractivity (Wildman–Crippen MR) is 74.8 cm³/mol. The van der Waals surface area contributed by atoms with Crippen molar-refractivity contribution in [1.29, 1.82) is 0 Å². The van der Waals surface area contributed by atoms with E-state index in [1.807, 2.05) is 43.0 Å². The summed E-state index contributed by atoms with van der Waals surface area (Å²) >= 11 is 0. The number of benzene rings is 1. The fourth-order valence-electron chi connectivity index (χ4n) is 2.10. The molecule has 3 N–H and O–H groups in total. The van der Waals surface area contributed by atoms with Gasteiger partial charge < -0.3 is 15.7 Å². The molecule has 1 aromatic carbocycles. The summed E-state index contributed by atoms with van der Waals surface area (Å²) in [6, 6.07) is 6.94. The second kappa shape index (κ2) is 6.89. The molecule has 4 heteroatoms. The van der Waals surface area contributed by atoms with Crippen LogP contribution in [0.25, 0.3) is 0 Å². The van der Waals surface area contributed by atoms with Gasteiger partial charge in [-0.05, 0) is 31.0 Å². The summed E-state index contributed by atoms with van der Waals surface area (Å²) < 4.78 is 0. The minimum atomic E-state index is -0.771. The lowest BCUT2D eigenvalue weighted by molar-refractivity contribution is -0.138. The first-order valence-electron chi connectivity index (χ1n) is 6.45. The van der Waals surface area contributed by atoms with E-state index in [0.29, 0.717) is 12.1 Å². The smallest absolute Gasteiger partial charge is 0.326 e. The third-order valence-electron chi connectivity index (χ3n) is 2.89. The Hall–Kier alpha value is -1.71. The Labute approximate surface area is 108 Å². The van der Waals surface area contributed by atoms with Crippen LogP contribution in [0.3, 0.4) is 0 Å². The second-order valence-corrected chi connectivity index (χ2v) is 4.43. The largest absolute Gasteiger partial charge is 0.480 e. The first kappa shape index (κ1) is 14.4. The number of nitrogens with two attached hydrogens (primary N) is 1. The molecule has 0 fully saturated rings. The summed E-state index contributed by atoms with van der Waals surface area (Å²) in [6.07, 6.45) is 2.39. The van der Waals surface area contributed by atoms with Gasteiger partial charge in [0.05, 0.1) is 0 Å².